The molecule has 0 amide bonds. The highest BCUT2D eigenvalue weighted by Crippen LogP contribution is 2.39. The van der Waals surface area contributed by atoms with Gasteiger partial charge in [-0.3, -0.25) is 0 Å². The van der Waals surface area contributed by atoms with Crippen molar-refractivity contribution in [2.75, 3.05) is 7.11 Å². The van der Waals surface area contributed by atoms with Gasteiger partial charge in [-0.1, -0.05) is 44.2 Å². The van der Waals surface area contributed by atoms with Gasteiger partial charge in [-0.05, 0) is 65.1 Å². The van der Waals surface area contributed by atoms with E-state index in [2.05, 4.69) is 49.2 Å². The van der Waals surface area contributed by atoms with Crippen molar-refractivity contribution in [3.8, 4) is 11.1 Å². The van der Waals surface area contributed by atoms with Gasteiger partial charge < -0.3 is 4.74 Å². The van der Waals surface area contributed by atoms with Gasteiger partial charge in [0.1, 0.15) is 5.69 Å². The van der Waals surface area contributed by atoms with E-state index < -0.39 is 5.97 Å². The lowest BCUT2D eigenvalue weighted by atomic mass is 9.72. The number of rotatable bonds is 2. The molecular weight excluding hydrogens is 322 g/mol. The highest BCUT2D eigenvalue weighted by Gasteiger charge is 2.27. The molecule has 4 rings (SSSR count). The molecular formula is C23H23NO2. The molecule has 132 valence electrons. The highest BCUT2D eigenvalue weighted by atomic mass is 16.5. The molecule has 1 aromatic heterocycles. The van der Waals surface area contributed by atoms with E-state index in [9.17, 15) is 4.79 Å². The minimum absolute atomic E-state index is 0.234. The number of carbonyl (C=O) groups excluding carboxylic acids is 1. The molecule has 1 aliphatic rings. The molecule has 1 heterocycles. The summed E-state index contributed by atoms with van der Waals surface area (Å²) >= 11 is 0. The smallest absolute Gasteiger partial charge is 0.356 e. The lowest BCUT2D eigenvalue weighted by molar-refractivity contribution is 0.0594. The van der Waals surface area contributed by atoms with E-state index in [0.717, 1.165) is 10.9 Å². The predicted molar refractivity (Wildman–Crippen MR) is 104 cm³/mol. The van der Waals surface area contributed by atoms with Crippen LogP contribution >= 0.6 is 0 Å². The molecule has 0 radical (unpaired) electrons. The van der Waals surface area contributed by atoms with Crippen molar-refractivity contribution in [2.24, 2.45) is 0 Å². The van der Waals surface area contributed by atoms with E-state index in [0.29, 0.717) is 5.69 Å². The molecule has 0 saturated carbocycles. The Morgan fingerprint density at radius 3 is 2.62 bits per heavy atom. The highest BCUT2D eigenvalue weighted by molar-refractivity contribution is 5.92. The van der Waals surface area contributed by atoms with Crippen molar-refractivity contribution in [1.82, 2.24) is 4.98 Å². The van der Waals surface area contributed by atoms with E-state index in [1.807, 2.05) is 12.1 Å². The monoisotopic (exact) mass is 345 g/mol. The van der Waals surface area contributed by atoms with Gasteiger partial charge in [0, 0.05) is 5.39 Å². The van der Waals surface area contributed by atoms with Gasteiger partial charge in [0.25, 0.3) is 0 Å². The van der Waals surface area contributed by atoms with Gasteiger partial charge in [-0.2, -0.15) is 0 Å². The minimum atomic E-state index is -0.409. The van der Waals surface area contributed by atoms with Gasteiger partial charge in [0.05, 0.1) is 12.6 Å². The van der Waals surface area contributed by atoms with Crippen LogP contribution in [-0.4, -0.2) is 18.1 Å². The molecule has 3 heteroatoms. The Morgan fingerprint density at radius 2 is 1.81 bits per heavy atom. The predicted octanol–water partition coefficient (Wildman–Crippen LogP) is 5.30. The van der Waals surface area contributed by atoms with Crippen LogP contribution in [0.25, 0.3) is 22.0 Å². The molecule has 0 fully saturated rings. The lowest BCUT2D eigenvalue weighted by Crippen LogP contribution is -2.23. The Kier molecular flexibility index (Phi) is 4.03. The van der Waals surface area contributed by atoms with Crippen LogP contribution in [0.15, 0.2) is 48.5 Å². The second-order valence-electron chi connectivity index (χ2n) is 7.70. The summed E-state index contributed by atoms with van der Waals surface area (Å²) in [7, 11) is 1.37. The Balaban J connectivity index is 1.76. The van der Waals surface area contributed by atoms with Gasteiger partial charge >= 0.3 is 5.97 Å². The fraction of sp³-hybridized carbons (Fsp3) is 0.304. The first kappa shape index (κ1) is 16.8. The molecule has 0 aliphatic heterocycles. The zero-order valence-corrected chi connectivity index (χ0v) is 15.5. The van der Waals surface area contributed by atoms with Crippen molar-refractivity contribution >= 4 is 16.9 Å². The van der Waals surface area contributed by atoms with E-state index in [1.54, 1.807) is 6.07 Å². The maximum atomic E-state index is 11.7. The van der Waals surface area contributed by atoms with Gasteiger partial charge in [0.15, 0.2) is 0 Å². The second kappa shape index (κ2) is 6.24. The Hall–Kier alpha value is -2.68. The number of aromatic nitrogens is 1. The fourth-order valence-corrected chi connectivity index (χ4v) is 3.98. The molecule has 0 spiro atoms. The molecule has 1 aliphatic carbocycles. The number of hydrogen-bond acceptors (Lipinski definition) is 3. The number of methoxy groups -OCH3 is 1. The Morgan fingerprint density at radius 1 is 1.04 bits per heavy atom. The standard InChI is InChI=1S/C23H23NO2/c1-23(2)12-4-5-15-6-7-17(14-19(15)23)16-8-10-20-18(13-16)9-11-21(24-20)22(25)26-3/h6-11,13-14H,4-5,12H2,1-3H3. The number of esters is 1. The third-order valence-electron chi connectivity index (χ3n) is 5.50. The number of aryl methyl sites for hydroxylation is 1. The Bertz CT molecular complexity index is 1000. The molecule has 0 atom stereocenters. The first-order chi connectivity index (χ1) is 12.5. The van der Waals surface area contributed by atoms with Crippen LogP contribution in [0.2, 0.25) is 0 Å². The fourth-order valence-electron chi connectivity index (χ4n) is 3.98. The van der Waals surface area contributed by atoms with Gasteiger partial charge in [0.2, 0.25) is 0 Å². The summed E-state index contributed by atoms with van der Waals surface area (Å²) < 4.78 is 4.75. The minimum Gasteiger partial charge on any atom is -0.464 e. The summed E-state index contributed by atoms with van der Waals surface area (Å²) in [6, 6.07) is 16.7. The van der Waals surface area contributed by atoms with Gasteiger partial charge in [-0.15, -0.1) is 0 Å². The quantitative estimate of drug-likeness (QED) is 0.591. The third kappa shape index (κ3) is 2.88. The van der Waals surface area contributed by atoms with Crippen LogP contribution in [0, 0.1) is 0 Å². The largest absolute Gasteiger partial charge is 0.464 e. The SMILES string of the molecule is COC(=O)c1ccc2cc(-c3ccc4c(c3)C(C)(C)CCC4)ccc2n1. The lowest BCUT2D eigenvalue weighted by Gasteiger charge is -2.33. The second-order valence-corrected chi connectivity index (χ2v) is 7.70. The average molecular weight is 345 g/mol. The van der Waals surface area contributed by atoms with E-state index in [1.165, 1.54) is 48.6 Å². The van der Waals surface area contributed by atoms with Crippen LogP contribution in [-0.2, 0) is 16.6 Å². The zero-order chi connectivity index (χ0) is 18.3. The van der Waals surface area contributed by atoms with E-state index >= 15 is 0 Å². The van der Waals surface area contributed by atoms with Gasteiger partial charge in [-0.25, -0.2) is 9.78 Å². The first-order valence-electron chi connectivity index (χ1n) is 9.11. The van der Waals surface area contributed by atoms with Crippen molar-refractivity contribution in [2.45, 2.75) is 38.5 Å². The molecule has 2 aromatic carbocycles. The third-order valence-corrected chi connectivity index (χ3v) is 5.50. The van der Waals surface area contributed by atoms with E-state index in [-0.39, 0.29) is 5.41 Å². The summed E-state index contributed by atoms with van der Waals surface area (Å²) in [4.78, 5) is 16.1. The van der Waals surface area contributed by atoms with Crippen LogP contribution < -0.4 is 0 Å². The molecule has 0 unspecified atom stereocenters. The van der Waals surface area contributed by atoms with E-state index in [4.69, 9.17) is 4.74 Å². The first-order valence-corrected chi connectivity index (χ1v) is 9.11. The van der Waals surface area contributed by atoms with Crippen LogP contribution in [0.1, 0.15) is 48.3 Å². The number of pyridine rings is 1. The number of fused-ring (bicyclic) bond motifs is 2. The van der Waals surface area contributed by atoms with Crippen LogP contribution in [0.5, 0.6) is 0 Å². The maximum absolute atomic E-state index is 11.7. The summed E-state index contributed by atoms with van der Waals surface area (Å²) in [5, 5.41) is 1.02. The number of hydrogen-bond donors (Lipinski definition) is 0. The summed E-state index contributed by atoms with van der Waals surface area (Å²) in [5.41, 5.74) is 6.73. The summed E-state index contributed by atoms with van der Waals surface area (Å²) in [6.07, 6.45) is 3.68. The number of ether oxygens (including phenoxy) is 1. The zero-order valence-electron chi connectivity index (χ0n) is 15.5. The number of carbonyl (C=O) groups is 1. The van der Waals surface area contributed by atoms with Crippen LogP contribution in [0.3, 0.4) is 0 Å². The van der Waals surface area contributed by atoms with Crippen LogP contribution in [0.4, 0.5) is 0 Å². The summed E-state index contributed by atoms with van der Waals surface area (Å²) in [6.45, 7) is 4.68. The number of nitrogens with zero attached hydrogens (tertiary/aromatic N) is 1. The topological polar surface area (TPSA) is 39.2 Å². The summed E-state index contributed by atoms with van der Waals surface area (Å²) in [5.74, 6) is -0.409. The molecule has 0 saturated heterocycles. The number of benzene rings is 2. The molecule has 0 bridgehead atoms. The normalized spacial score (nSPS) is 15.5. The molecule has 3 aromatic rings. The van der Waals surface area contributed by atoms with Crippen molar-refractivity contribution < 1.29 is 9.53 Å². The van der Waals surface area contributed by atoms with Crippen molar-refractivity contribution in [3.05, 3.63) is 65.4 Å². The Labute approximate surface area is 154 Å². The molecule has 26 heavy (non-hydrogen) atoms. The average Bonchev–Trinajstić information content (AvgIpc) is 2.66. The van der Waals surface area contributed by atoms with Crippen molar-refractivity contribution in [3.63, 3.8) is 0 Å². The maximum Gasteiger partial charge on any atom is 0.356 e. The molecule has 3 nitrogen and oxygen atoms in total. The van der Waals surface area contributed by atoms with Crippen molar-refractivity contribution in [1.29, 1.82) is 0 Å². The molecule has 0 N–H and O–H groups in total.